The van der Waals surface area contributed by atoms with Crippen molar-refractivity contribution in [2.24, 2.45) is 0 Å². The quantitative estimate of drug-likeness (QED) is 0.510. The molecule has 1 aromatic heterocycles. The molecule has 0 bridgehead atoms. The van der Waals surface area contributed by atoms with Crippen LogP contribution in [0.5, 0.6) is 0 Å². The molecule has 0 spiro atoms. The lowest BCUT2D eigenvalue weighted by Crippen LogP contribution is -2.31. The number of aromatic amines is 1. The maximum Gasteiger partial charge on any atom is 0.162 e. The first-order valence-electron chi connectivity index (χ1n) is 9.55. The lowest BCUT2D eigenvalue weighted by molar-refractivity contribution is 0.0979. The molecule has 2 aromatic carbocycles. The Morgan fingerprint density at radius 3 is 2.88 bits per heavy atom. The largest absolute Gasteiger partial charge is 0.347 e. The molecule has 2 heterocycles. The van der Waals surface area contributed by atoms with Crippen molar-refractivity contribution in [1.82, 2.24) is 14.9 Å². The molecular formula is C22H25N3O. The molecule has 0 atom stereocenters. The molecule has 4 heteroatoms. The van der Waals surface area contributed by atoms with Crippen molar-refractivity contribution in [1.29, 1.82) is 0 Å². The van der Waals surface area contributed by atoms with E-state index in [1.807, 2.05) is 30.3 Å². The molecule has 1 aliphatic rings. The van der Waals surface area contributed by atoms with E-state index in [1.165, 1.54) is 16.8 Å². The fraction of sp³-hybridized carbons (Fsp3) is 0.364. The van der Waals surface area contributed by atoms with Crippen LogP contribution in [0.2, 0.25) is 0 Å². The lowest BCUT2D eigenvalue weighted by Gasteiger charge is -2.25. The molecule has 0 saturated heterocycles. The molecule has 0 radical (unpaired) electrons. The number of imidazole rings is 1. The summed E-state index contributed by atoms with van der Waals surface area (Å²) >= 11 is 0. The number of fused-ring (bicyclic) bond motifs is 2. The lowest BCUT2D eigenvalue weighted by atomic mass is 10.0. The van der Waals surface area contributed by atoms with Gasteiger partial charge in [0.1, 0.15) is 0 Å². The minimum atomic E-state index is 0.260. The van der Waals surface area contributed by atoms with Crippen LogP contribution in [0.25, 0.3) is 10.8 Å². The molecule has 0 fully saturated rings. The van der Waals surface area contributed by atoms with Crippen LogP contribution in [0.4, 0.5) is 0 Å². The van der Waals surface area contributed by atoms with Gasteiger partial charge in [0.05, 0.1) is 17.7 Å². The van der Waals surface area contributed by atoms with E-state index in [2.05, 4.69) is 27.0 Å². The van der Waals surface area contributed by atoms with Gasteiger partial charge in [0.15, 0.2) is 5.78 Å². The van der Waals surface area contributed by atoms with Gasteiger partial charge in [-0.1, -0.05) is 42.8 Å². The second-order valence-electron chi connectivity index (χ2n) is 7.15. The molecule has 4 rings (SSSR count). The van der Waals surface area contributed by atoms with Crippen LogP contribution in [0.1, 0.15) is 47.4 Å². The van der Waals surface area contributed by atoms with Crippen LogP contribution in [-0.2, 0) is 13.0 Å². The first-order chi connectivity index (χ1) is 12.8. The summed E-state index contributed by atoms with van der Waals surface area (Å²) in [6.45, 7) is 3.17. The van der Waals surface area contributed by atoms with E-state index >= 15 is 0 Å². The molecule has 0 amide bonds. The molecule has 0 saturated carbocycles. The minimum Gasteiger partial charge on any atom is -0.347 e. The van der Waals surface area contributed by atoms with Crippen LogP contribution in [0.15, 0.2) is 48.8 Å². The van der Waals surface area contributed by atoms with Gasteiger partial charge in [-0.3, -0.25) is 9.69 Å². The molecule has 134 valence electrons. The number of benzene rings is 2. The Balaban J connectivity index is 1.20. The number of ketones is 1. The summed E-state index contributed by atoms with van der Waals surface area (Å²) in [5.41, 5.74) is 3.33. The second kappa shape index (κ2) is 7.83. The summed E-state index contributed by atoms with van der Waals surface area (Å²) in [6.07, 6.45) is 6.70. The maximum atomic E-state index is 12.4. The van der Waals surface area contributed by atoms with E-state index < -0.39 is 0 Å². The number of nitrogens with zero attached hydrogens (tertiary/aromatic N) is 2. The molecule has 26 heavy (non-hydrogen) atoms. The maximum absolute atomic E-state index is 12.4. The zero-order valence-corrected chi connectivity index (χ0v) is 15.1. The molecule has 1 N–H and O–H groups in total. The molecule has 0 unspecified atom stereocenters. The highest BCUT2D eigenvalue weighted by molar-refractivity contribution is 5.99. The second-order valence-corrected chi connectivity index (χ2v) is 7.15. The summed E-state index contributed by atoms with van der Waals surface area (Å²) in [5.74, 6) is 0.260. The standard InChI is InChI=1S/C22H25N3O/c26-22(19-10-9-17-6-3-4-7-18(17)14-19)8-2-1-5-12-25-13-11-20-21(15-25)24-16-23-20/h3-4,6-7,9-10,14,16H,1-2,5,8,11-13,15H2,(H,23,24). The van der Waals surface area contributed by atoms with Crippen LogP contribution in [0.3, 0.4) is 0 Å². The number of Topliss-reactive ketones (excluding diaryl/α,β-unsaturated/α-hetero) is 1. The normalized spacial score (nSPS) is 14.5. The predicted octanol–water partition coefficient (Wildman–Crippen LogP) is 4.36. The van der Waals surface area contributed by atoms with Gasteiger partial charge < -0.3 is 4.98 Å². The number of unbranched alkanes of at least 4 members (excludes halogenated alkanes) is 2. The van der Waals surface area contributed by atoms with Gasteiger partial charge in [-0.15, -0.1) is 0 Å². The van der Waals surface area contributed by atoms with E-state index in [9.17, 15) is 4.79 Å². The van der Waals surface area contributed by atoms with E-state index in [0.29, 0.717) is 6.42 Å². The highest BCUT2D eigenvalue weighted by atomic mass is 16.1. The monoisotopic (exact) mass is 347 g/mol. The Hall–Kier alpha value is -2.46. The van der Waals surface area contributed by atoms with Crippen molar-refractivity contribution in [3.8, 4) is 0 Å². The van der Waals surface area contributed by atoms with Crippen LogP contribution in [0, 0.1) is 0 Å². The first kappa shape index (κ1) is 17.0. The van der Waals surface area contributed by atoms with Crippen molar-refractivity contribution in [3.63, 3.8) is 0 Å². The summed E-state index contributed by atoms with van der Waals surface area (Å²) in [7, 11) is 0. The molecule has 0 aliphatic carbocycles. The van der Waals surface area contributed by atoms with Crippen LogP contribution < -0.4 is 0 Å². The highest BCUT2D eigenvalue weighted by Gasteiger charge is 2.17. The fourth-order valence-electron chi connectivity index (χ4n) is 3.76. The van der Waals surface area contributed by atoms with Crippen molar-refractivity contribution >= 4 is 16.6 Å². The third-order valence-electron chi connectivity index (χ3n) is 5.30. The minimum absolute atomic E-state index is 0.260. The number of carbonyl (C=O) groups is 1. The molecule has 4 nitrogen and oxygen atoms in total. The third kappa shape index (κ3) is 3.86. The van der Waals surface area contributed by atoms with Crippen molar-refractivity contribution < 1.29 is 4.79 Å². The number of hydrogen-bond acceptors (Lipinski definition) is 3. The molecule has 3 aromatic rings. The topological polar surface area (TPSA) is 49.0 Å². The smallest absolute Gasteiger partial charge is 0.162 e. The van der Waals surface area contributed by atoms with E-state index in [1.54, 1.807) is 6.33 Å². The highest BCUT2D eigenvalue weighted by Crippen LogP contribution is 2.18. The number of aromatic nitrogens is 2. The SMILES string of the molecule is O=C(CCCCCN1CCc2nc[nH]c2C1)c1ccc2ccccc2c1. The van der Waals surface area contributed by atoms with E-state index in [0.717, 1.165) is 56.3 Å². The molecule has 1 aliphatic heterocycles. The Kier molecular flexibility index (Phi) is 5.12. The zero-order chi connectivity index (χ0) is 17.8. The number of nitrogens with one attached hydrogen (secondary N) is 1. The van der Waals surface area contributed by atoms with Crippen LogP contribution >= 0.6 is 0 Å². The number of hydrogen-bond donors (Lipinski definition) is 1. The fourth-order valence-corrected chi connectivity index (χ4v) is 3.76. The third-order valence-corrected chi connectivity index (χ3v) is 5.30. The van der Waals surface area contributed by atoms with Crippen molar-refractivity contribution in [2.45, 2.75) is 38.6 Å². The van der Waals surface area contributed by atoms with Gasteiger partial charge in [-0.2, -0.15) is 0 Å². The van der Waals surface area contributed by atoms with E-state index in [4.69, 9.17) is 0 Å². The summed E-state index contributed by atoms with van der Waals surface area (Å²) in [6, 6.07) is 14.2. The van der Waals surface area contributed by atoms with Gasteiger partial charge in [0, 0.05) is 31.5 Å². The Morgan fingerprint density at radius 1 is 1.08 bits per heavy atom. The predicted molar refractivity (Wildman–Crippen MR) is 104 cm³/mol. The zero-order valence-electron chi connectivity index (χ0n) is 15.1. The van der Waals surface area contributed by atoms with Gasteiger partial charge in [-0.25, -0.2) is 4.98 Å². The molecular weight excluding hydrogens is 322 g/mol. The Labute approximate surface area is 154 Å². The average Bonchev–Trinajstić information content (AvgIpc) is 3.15. The summed E-state index contributed by atoms with van der Waals surface area (Å²) in [5, 5.41) is 2.33. The summed E-state index contributed by atoms with van der Waals surface area (Å²) < 4.78 is 0. The number of rotatable bonds is 7. The van der Waals surface area contributed by atoms with Gasteiger partial charge in [0.2, 0.25) is 0 Å². The number of carbonyl (C=O) groups excluding carboxylic acids is 1. The first-order valence-corrected chi connectivity index (χ1v) is 9.55. The van der Waals surface area contributed by atoms with Crippen molar-refractivity contribution in [2.75, 3.05) is 13.1 Å². The van der Waals surface area contributed by atoms with Crippen LogP contribution in [-0.4, -0.2) is 33.7 Å². The van der Waals surface area contributed by atoms with Gasteiger partial charge in [0.25, 0.3) is 0 Å². The van der Waals surface area contributed by atoms with Gasteiger partial charge >= 0.3 is 0 Å². The Morgan fingerprint density at radius 2 is 1.96 bits per heavy atom. The van der Waals surface area contributed by atoms with E-state index in [-0.39, 0.29) is 5.78 Å². The van der Waals surface area contributed by atoms with Crippen molar-refractivity contribution in [3.05, 3.63) is 65.7 Å². The number of H-pyrrole nitrogens is 1. The summed E-state index contributed by atoms with van der Waals surface area (Å²) in [4.78, 5) is 22.5. The van der Waals surface area contributed by atoms with Gasteiger partial charge in [-0.05, 0) is 36.2 Å². The average molecular weight is 347 g/mol. The Bertz CT molecular complexity index is 899.